The Kier molecular flexibility index (Phi) is 3.93. The van der Waals surface area contributed by atoms with Crippen LogP contribution in [0.15, 0.2) is 18.3 Å². The summed E-state index contributed by atoms with van der Waals surface area (Å²) in [5.74, 6) is 2.00. The predicted molar refractivity (Wildman–Crippen MR) is 77.9 cm³/mol. The van der Waals surface area contributed by atoms with Gasteiger partial charge < -0.3 is 20.9 Å². The number of rotatable bonds is 4. The van der Waals surface area contributed by atoms with Gasteiger partial charge in [-0.3, -0.25) is 0 Å². The summed E-state index contributed by atoms with van der Waals surface area (Å²) in [5.41, 5.74) is 14.2. The van der Waals surface area contributed by atoms with Gasteiger partial charge in [0.1, 0.15) is 5.82 Å². The third-order valence-electron chi connectivity index (χ3n) is 3.04. The Labute approximate surface area is 117 Å². The Morgan fingerprint density at radius 1 is 1.15 bits per heavy atom. The molecule has 1 heterocycles. The monoisotopic (exact) mass is 274 g/mol. The fraction of sp³-hybridized carbons (Fsp3) is 0.286. The van der Waals surface area contributed by atoms with Crippen LogP contribution in [0.3, 0.4) is 0 Å². The van der Waals surface area contributed by atoms with Gasteiger partial charge in [0.2, 0.25) is 5.95 Å². The molecule has 0 fully saturated rings. The molecule has 0 saturated carbocycles. The number of ether oxygens (including phenoxy) is 2. The molecular formula is C14H18N4O2. The minimum absolute atomic E-state index is 0.176. The minimum atomic E-state index is 0.176. The maximum Gasteiger partial charge on any atom is 0.221 e. The predicted octanol–water partition coefficient (Wildman–Crippen LogP) is 1.56. The van der Waals surface area contributed by atoms with Crippen LogP contribution in [-0.4, -0.2) is 24.2 Å². The third kappa shape index (κ3) is 2.74. The summed E-state index contributed by atoms with van der Waals surface area (Å²) in [6.45, 7) is 1.97. The highest BCUT2D eigenvalue weighted by atomic mass is 16.5. The van der Waals surface area contributed by atoms with Crippen LogP contribution in [0.1, 0.15) is 16.7 Å². The van der Waals surface area contributed by atoms with E-state index in [9.17, 15) is 0 Å². The molecule has 1 aromatic carbocycles. The quantitative estimate of drug-likeness (QED) is 0.878. The molecule has 0 atom stereocenters. The van der Waals surface area contributed by atoms with E-state index in [0.29, 0.717) is 18.0 Å². The van der Waals surface area contributed by atoms with Crippen molar-refractivity contribution in [2.45, 2.75) is 13.3 Å². The normalized spacial score (nSPS) is 10.3. The zero-order valence-electron chi connectivity index (χ0n) is 11.8. The lowest BCUT2D eigenvalue weighted by Gasteiger charge is -2.13. The highest BCUT2D eigenvalue weighted by Crippen LogP contribution is 2.32. The zero-order chi connectivity index (χ0) is 14.7. The molecule has 0 bridgehead atoms. The number of nitrogen functional groups attached to an aromatic ring is 2. The molecule has 0 unspecified atom stereocenters. The first-order chi connectivity index (χ1) is 9.55. The van der Waals surface area contributed by atoms with Gasteiger partial charge in [0.25, 0.3) is 0 Å². The van der Waals surface area contributed by atoms with Crippen LogP contribution >= 0.6 is 0 Å². The lowest BCUT2D eigenvalue weighted by Crippen LogP contribution is -2.04. The maximum absolute atomic E-state index is 5.85. The molecule has 20 heavy (non-hydrogen) atoms. The van der Waals surface area contributed by atoms with E-state index in [4.69, 9.17) is 20.9 Å². The first kappa shape index (κ1) is 13.9. The van der Waals surface area contributed by atoms with Crippen molar-refractivity contribution in [1.29, 1.82) is 0 Å². The van der Waals surface area contributed by atoms with Gasteiger partial charge in [-0.25, -0.2) is 4.98 Å². The van der Waals surface area contributed by atoms with Crippen molar-refractivity contribution < 1.29 is 9.47 Å². The number of aromatic nitrogens is 2. The number of methoxy groups -OCH3 is 2. The molecule has 6 heteroatoms. The highest BCUT2D eigenvalue weighted by Gasteiger charge is 2.11. The van der Waals surface area contributed by atoms with Gasteiger partial charge in [-0.2, -0.15) is 4.98 Å². The number of nitrogens with zero attached hydrogens (tertiary/aromatic N) is 2. The number of anilines is 2. The molecule has 0 aliphatic carbocycles. The van der Waals surface area contributed by atoms with Crippen molar-refractivity contribution in [2.75, 3.05) is 25.7 Å². The molecule has 0 spiro atoms. The molecule has 0 radical (unpaired) electrons. The zero-order valence-corrected chi connectivity index (χ0v) is 11.8. The van der Waals surface area contributed by atoms with E-state index < -0.39 is 0 Å². The Bertz CT molecular complexity index is 629. The number of hydrogen-bond donors (Lipinski definition) is 2. The van der Waals surface area contributed by atoms with Crippen LogP contribution in [0, 0.1) is 6.92 Å². The lowest BCUT2D eigenvalue weighted by molar-refractivity contribution is 0.352. The van der Waals surface area contributed by atoms with Crippen LogP contribution in [0.4, 0.5) is 11.8 Å². The lowest BCUT2D eigenvalue weighted by atomic mass is 10.0. The van der Waals surface area contributed by atoms with Gasteiger partial charge >= 0.3 is 0 Å². The minimum Gasteiger partial charge on any atom is -0.493 e. The molecule has 0 amide bonds. The summed E-state index contributed by atoms with van der Waals surface area (Å²) in [5, 5.41) is 0. The van der Waals surface area contributed by atoms with Crippen LogP contribution in [0.25, 0.3) is 0 Å². The molecule has 4 N–H and O–H groups in total. The standard InChI is InChI=1S/C14H18N4O2/c1-8-4-9(6-11(19-2)12(8)20-3)5-10-7-17-14(16)18-13(10)15/h4,6-7H,5H2,1-3H3,(H4,15,16,17,18). The summed E-state index contributed by atoms with van der Waals surface area (Å²) >= 11 is 0. The van der Waals surface area contributed by atoms with Crippen LogP contribution in [-0.2, 0) is 6.42 Å². The van der Waals surface area contributed by atoms with Gasteiger partial charge in [0.05, 0.1) is 14.2 Å². The molecule has 6 nitrogen and oxygen atoms in total. The summed E-state index contributed by atoms with van der Waals surface area (Å²) in [6, 6.07) is 3.94. The summed E-state index contributed by atoms with van der Waals surface area (Å²) in [6.07, 6.45) is 2.25. The van der Waals surface area contributed by atoms with Gasteiger partial charge in [-0.15, -0.1) is 0 Å². The van der Waals surface area contributed by atoms with Gasteiger partial charge in [-0.05, 0) is 24.1 Å². The third-order valence-corrected chi connectivity index (χ3v) is 3.04. The number of hydrogen-bond acceptors (Lipinski definition) is 6. The fourth-order valence-electron chi connectivity index (χ4n) is 2.12. The second-order valence-corrected chi connectivity index (χ2v) is 4.46. The van der Waals surface area contributed by atoms with Crippen molar-refractivity contribution >= 4 is 11.8 Å². The summed E-state index contributed by atoms with van der Waals surface area (Å²) in [7, 11) is 3.23. The van der Waals surface area contributed by atoms with E-state index in [2.05, 4.69) is 9.97 Å². The van der Waals surface area contributed by atoms with Crippen molar-refractivity contribution in [2.24, 2.45) is 0 Å². The Hall–Kier alpha value is -2.50. The second kappa shape index (κ2) is 5.64. The Morgan fingerprint density at radius 3 is 2.50 bits per heavy atom. The van der Waals surface area contributed by atoms with Crippen LogP contribution in [0.2, 0.25) is 0 Å². The second-order valence-electron chi connectivity index (χ2n) is 4.46. The molecule has 2 aromatic rings. The molecular weight excluding hydrogens is 256 g/mol. The van der Waals surface area contributed by atoms with Crippen molar-refractivity contribution in [1.82, 2.24) is 9.97 Å². The Morgan fingerprint density at radius 2 is 1.90 bits per heavy atom. The molecule has 0 aliphatic heterocycles. The van der Waals surface area contributed by atoms with Crippen LogP contribution < -0.4 is 20.9 Å². The number of aryl methyl sites for hydroxylation is 1. The largest absolute Gasteiger partial charge is 0.493 e. The molecule has 1 aromatic heterocycles. The molecule has 106 valence electrons. The molecule has 0 saturated heterocycles. The van der Waals surface area contributed by atoms with Crippen LogP contribution in [0.5, 0.6) is 11.5 Å². The van der Waals surface area contributed by atoms with Gasteiger partial charge in [0.15, 0.2) is 11.5 Å². The highest BCUT2D eigenvalue weighted by molar-refractivity contribution is 5.51. The fourth-order valence-corrected chi connectivity index (χ4v) is 2.12. The van der Waals surface area contributed by atoms with Crippen molar-refractivity contribution in [3.05, 3.63) is 35.0 Å². The van der Waals surface area contributed by atoms with E-state index in [1.54, 1.807) is 20.4 Å². The average molecular weight is 274 g/mol. The van der Waals surface area contributed by atoms with E-state index in [0.717, 1.165) is 22.4 Å². The average Bonchev–Trinajstić information content (AvgIpc) is 2.41. The van der Waals surface area contributed by atoms with Crippen molar-refractivity contribution in [3.63, 3.8) is 0 Å². The Balaban J connectivity index is 2.36. The topological polar surface area (TPSA) is 96.3 Å². The molecule has 2 rings (SSSR count). The first-order valence-corrected chi connectivity index (χ1v) is 6.13. The maximum atomic E-state index is 5.85. The van der Waals surface area contributed by atoms with Gasteiger partial charge in [-0.1, -0.05) is 6.07 Å². The SMILES string of the molecule is COc1cc(Cc2cnc(N)nc2N)cc(C)c1OC. The van der Waals surface area contributed by atoms with Gasteiger partial charge in [0, 0.05) is 18.2 Å². The first-order valence-electron chi connectivity index (χ1n) is 6.13. The van der Waals surface area contributed by atoms with E-state index in [1.807, 2.05) is 19.1 Å². The van der Waals surface area contributed by atoms with E-state index in [1.165, 1.54) is 0 Å². The smallest absolute Gasteiger partial charge is 0.221 e. The van der Waals surface area contributed by atoms with E-state index in [-0.39, 0.29) is 5.95 Å². The number of benzene rings is 1. The van der Waals surface area contributed by atoms with Crippen molar-refractivity contribution in [3.8, 4) is 11.5 Å². The number of nitrogens with two attached hydrogens (primary N) is 2. The summed E-state index contributed by atoms with van der Waals surface area (Å²) in [4.78, 5) is 7.92. The summed E-state index contributed by atoms with van der Waals surface area (Å²) < 4.78 is 10.7. The molecule has 0 aliphatic rings. The van der Waals surface area contributed by atoms with E-state index >= 15 is 0 Å².